The second-order valence-corrected chi connectivity index (χ2v) is 6.80. The minimum atomic E-state index is 0.255. The van der Waals surface area contributed by atoms with Crippen molar-refractivity contribution in [3.8, 4) is 11.8 Å². The van der Waals surface area contributed by atoms with Crippen molar-refractivity contribution in [1.82, 2.24) is 5.32 Å². The van der Waals surface area contributed by atoms with E-state index in [0.29, 0.717) is 30.8 Å². The van der Waals surface area contributed by atoms with Crippen LogP contribution < -0.4 is 11.1 Å². The molecule has 4 heteroatoms. The molecule has 0 spiro atoms. The second kappa shape index (κ2) is 5.99. The zero-order chi connectivity index (χ0) is 13.9. The first kappa shape index (κ1) is 13.7. The molecule has 2 aliphatic carbocycles. The Morgan fingerprint density at radius 3 is 2.80 bits per heavy atom. The average molecular weight is 288 g/mol. The zero-order valence-corrected chi connectivity index (χ0v) is 12.3. The SMILES string of the molecule is NCC#Cc1ccc(CNC(=O)C2C3CCCCC32)s1. The van der Waals surface area contributed by atoms with E-state index in [9.17, 15) is 4.79 Å². The van der Waals surface area contributed by atoms with Gasteiger partial charge in [-0.3, -0.25) is 4.79 Å². The lowest BCUT2D eigenvalue weighted by Gasteiger charge is -2.04. The van der Waals surface area contributed by atoms with Gasteiger partial charge in [-0.1, -0.05) is 24.7 Å². The summed E-state index contributed by atoms with van der Waals surface area (Å²) in [6.45, 7) is 1.01. The first-order valence-corrected chi connectivity index (χ1v) is 8.16. The van der Waals surface area contributed by atoms with Crippen LogP contribution in [0.15, 0.2) is 12.1 Å². The van der Waals surface area contributed by atoms with Gasteiger partial charge in [-0.05, 0) is 36.8 Å². The Bertz CT molecular complexity index is 542. The smallest absolute Gasteiger partial charge is 0.223 e. The van der Waals surface area contributed by atoms with E-state index in [4.69, 9.17) is 5.73 Å². The summed E-state index contributed by atoms with van der Waals surface area (Å²) in [7, 11) is 0. The van der Waals surface area contributed by atoms with Gasteiger partial charge in [0.05, 0.1) is 18.0 Å². The molecule has 1 heterocycles. The maximum absolute atomic E-state index is 12.2. The molecule has 0 radical (unpaired) electrons. The van der Waals surface area contributed by atoms with Crippen LogP contribution in [0.1, 0.15) is 35.4 Å². The van der Waals surface area contributed by atoms with Crippen LogP contribution in [0.3, 0.4) is 0 Å². The van der Waals surface area contributed by atoms with Gasteiger partial charge in [0, 0.05) is 10.8 Å². The number of hydrogen-bond acceptors (Lipinski definition) is 3. The van der Waals surface area contributed by atoms with E-state index >= 15 is 0 Å². The third-order valence-corrected chi connectivity index (χ3v) is 5.37. The standard InChI is InChI=1S/C16H20N2OS/c17-9-3-4-11-7-8-12(20-11)10-18-16(19)15-13-5-1-2-6-14(13)15/h7-8,13-15H,1-2,5-6,9-10,17H2,(H,18,19). The summed E-state index contributed by atoms with van der Waals surface area (Å²) >= 11 is 1.63. The summed E-state index contributed by atoms with van der Waals surface area (Å²) in [4.78, 5) is 14.3. The Kier molecular flexibility index (Phi) is 4.09. The highest BCUT2D eigenvalue weighted by Crippen LogP contribution is 2.55. The van der Waals surface area contributed by atoms with Gasteiger partial charge in [0.25, 0.3) is 0 Å². The third kappa shape index (κ3) is 2.89. The molecule has 1 amide bonds. The van der Waals surface area contributed by atoms with E-state index in [0.717, 1.165) is 9.75 Å². The molecule has 0 aromatic carbocycles. The molecule has 0 saturated heterocycles. The highest BCUT2D eigenvalue weighted by molar-refractivity contribution is 7.12. The van der Waals surface area contributed by atoms with Crippen LogP contribution in [0.5, 0.6) is 0 Å². The second-order valence-electron chi connectivity index (χ2n) is 5.63. The first-order valence-electron chi connectivity index (χ1n) is 7.35. The maximum Gasteiger partial charge on any atom is 0.223 e. The number of nitrogens with two attached hydrogens (primary N) is 1. The molecule has 20 heavy (non-hydrogen) atoms. The van der Waals surface area contributed by atoms with E-state index in [1.165, 1.54) is 25.7 Å². The predicted molar refractivity (Wildman–Crippen MR) is 81.0 cm³/mol. The van der Waals surface area contributed by atoms with Crippen molar-refractivity contribution in [2.45, 2.75) is 32.2 Å². The van der Waals surface area contributed by atoms with Crippen LogP contribution >= 0.6 is 11.3 Å². The molecule has 3 N–H and O–H groups in total. The third-order valence-electron chi connectivity index (χ3n) is 4.37. The van der Waals surface area contributed by atoms with Crippen LogP contribution in [0, 0.1) is 29.6 Å². The van der Waals surface area contributed by atoms with E-state index < -0.39 is 0 Å². The summed E-state index contributed by atoms with van der Waals surface area (Å²) < 4.78 is 0. The molecule has 3 nitrogen and oxygen atoms in total. The minimum absolute atomic E-state index is 0.255. The molecule has 2 saturated carbocycles. The summed E-state index contributed by atoms with van der Waals surface area (Å²) in [6.07, 6.45) is 5.11. The first-order chi connectivity index (χ1) is 9.79. The molecule has 0 bridgehead atoms. The minimum Gasteiger partial charge on any atom is -0.351 e. The number of fused-ring (bicyclic) bond motifs is 1. The maximum atomic E-state index is 12.2. The van der Waals surface area contributed by atoms with Crippen LogP contribution in [-0.2, 0) is 11.3 Å². The molecule has 1 aromatic rings. The normalized spacial score (nSPS) is 27.1. The van der Waals surface area contributed by atoms with Gasteiger partial charge in [-0.25, -0.2) is 0 Å². The van der Waals surface area contributed by atoms with Gasteiger partial charge >= 0.3 is 0 Å². The number of hydrogen-bond donors (Lipinski definition) is 2. The summed E-state index contributed by atoms with van der Waals surface area (Å²) in [5.41, 5.74) is 5.35. The van der Waals surface area contributed by atoms with Gasteiger partial charge in [0.1, 0.15) is 0 Å². The van der Waals surface area contributed by atoms with Crippen molar-refractivity contribution >= 4 is 17.2 Å². The van der Waals surface area contributed by atoms with Gasteiger partial charge in [0.15, 0.2) is 0 Å². The Hall–Kier alpha value is -1.31. The molecule has 106 valence electrons. The van der Waals surface area contributed by atoms with Gasteiger partial charge < -0.3 is 11.1 Å². The molecule has 2 aliphatic rings. The molecule has 2 atom stereocenters. The van der Waals surface area contributed by atoms with E-state index in [1.54, 1.807) is 11.3 Å². The lowest BCUT2D eigenvalue weighted by molar-refractivity contribution is -0.123. The van der Waals surface area contributed by atoms with Crippen molar-refractivity contribution in [1.29, 1.82) is 0 Å². The van der Waals surface area contributed by atoms with E-state index in [-0.39, 0.29) is 5.91 Å². The molecule has 1 aromatic heterocycles. The quantitative estimate of drug-likeness (QED) is 0.837. The topological polar surface area (TPSA) is 55.1 Å². The summed E-state index contributed by atoms with van der Waals surface area (Å²) in [5, 5.41) is 3.09. The Morgan fingerprint density at radius 2 is 2.10 bits per heavy atom. The van der Waals surface area contributed by atoms with Gasteiger partial charge in [-0.15, -0.1) is 11.3 Å². The highest BCUT2D eigenvalue weighted by atomic mass is 32.1. The van der Waals surface area contributed by atoms with Crippen LogP contribution in [-0.4, -0.2) is 12.5 Å². The fourth-order valence-corrected chi connectivity index (χ4v) is 4.17. The Morgan fingerprint density at radius 1 is 1.35 bits per heavy atom. The Labute approximate surface area is 123 Å². The number of carbonyl (C=O) groups excluding carboxylic acids is 1. The number of amides is 1. The fraction of sp³-hybridized carbons (Fsp3) is 0.562. The van der Waals surface area contributed by atoms with Crippen LogP contribution in [0.25, 0.3) is 0 Å². The number of nitrogens with one attached hydrogen (secondary N) is 1. The lowest BCUT2D eigenvalue weighted by atomic mass is 10.0. The zero-order valence-electron chi connectivity index (χ0n) is 11.5. The highest BCUT2D eigenvalue weighted by Gasteiger charge is 2.54. The van der Waals surface area contributed by atoms with Crippen molar-refractivity contribution in [2.24, 2.45) is 23.5 Å². The van der Waals surface area contributed by atoms with Crippen molar-refractivity contribution in [3.05, 3.63) is 21.9 Å². The number of thiophene rings is 1. The molecule has 2 unspecified atom stereocenters. The molecule has 3 rings (SSSR count). The Balaban J connectivity index is 1.49. The predicted octanol–water partition coefficient (Wildman–Crippen LogP) is 2.11. The van der Waals surface area contributed by atoms with Crippen LogP contribution in [0.2, 0.25) is 0 Å². The summed E-state index contributed by atoms with van der Waals surface area (Å²) in [5.74, 6) is 7.78. The van der Waals surface area contributed by atoms with Crippen molar-refractivity contribution in [3.63, 3.8) is 0 Å². The van der Waals surface area contributed by atoms with Crippen molar-refractivity contribution in [2.75, 3.05) is 6.54 Å². The van der Waals surface area contributed by atoms with E-state index in [2.05, 4.69) is 17.2 Å². The monoisotopic (exact) mass is 288 g/mol. The fourth-order valence-electron chi connectivity index (χ4n) is 3.35. The number of rotatable bonds is 3. The largest absolute Gasteiger partial charge is 0.351 e. The van der Waals surface area contributed by atoms with Gasteiger partial charge in [0.2, 0.25) is 5.91 Å². The molecule has 2 fully saturated rings. The number of carbonyl (C=O) groups is 1. The molecular weight excluding hydrogens is 268 g/mol. The van der Waals surface area contributed by atoms with Gasteiger partial charge in [-0.2, -0.15) is 0 Å². The molecular formula is C16H20N2OS. The average Bonchev–Trinajstić information content (AvgIpc) is 3.03. The van der Waals surface area contributed by atoms with Crippen LogP contribution in [0.4, 0.5) is 0 Å². The lowest BCUT2D eigenvalue weighted by Crippen LogP contribution is -2.25. The summed E-state index contributed by atoms with van der Waals surface area (Å²) in [6, 6.07) is 4.02. The van der Waals surface area contributed by atoms with Crippen molar-refractivity contribution < 1.29 is 4.79 Å². The molecule has 0 aliphatic heterocycles. The van der Waals surface area contributed by atoms with E-state index in [1.807, 2.05) is 12.1 Å².